The fourth-order valence-electron chi connectivity index (χ4n) is 5.19. The van der Waals surface area contributed by atoms with Gasteiger partial charge in [0.15, 0.2) is 0 Å². The summed E-state index contributed by atoms with van der Waals surface area (Å²) in [5.41, 5.74) is 4.66. The van der Waals surface area contributed by atoms with Crippen LogP contribution in [0.25, 0.3) is 27.7 Å². The van der Waals surface area contributed by atoms with Crippen LogP contribution in [0.5, 0.6) is 5.75 Å². The molecular weight excluding hydrogens is 486 g/mol. The number of rotatable bonds is 6. The molecule has 2 aromatic heterocycles. The lowest BCUT2D eigenvalue weighted by Gasteiger charge is -2.23. The number of aromatic hydroxyl groups is 1. The average Bonchev–Trinajstić information content (AvgIpc) is 3.36. The lowest BCUT2D eigenvalue weighted by Crippen LogP contribution is -2.35. The van der Waals surface area contributed by atoms with Gasteiger partial charge in [-0.05, 0) is 80.4 Å². The Morgan fingerprint density at radius 3 is 2.84 bits per heavy atom. The number of fused-ring (bicyclic) bond motifs is 1. The fourth-order valence-corrected chi connectivity index (χ4v) is 5.48. The predicted molar refractivity (Wildman–Crippen MR) is 146 cm³/mol. The number of nitrogens with zero attached hydrogens (tertiary/aromatic N) is 4. The largest absolute Gasteiger partial charge is 0.508 e. The van der Waals surface area contributed by atoms with Crippen LogP contribution in [0.4, 0.5) is 0 Å². The van der Waals surface area contributed by atoms with Gasteiger partial charge in [0.2, 0.25) is 0 Å². The molecule has 0 saturated carbocycles. The van der Waals surface area contributed by atoms with Gasteiger partial charge in [0.1, 0.15) is 5.75 Å². The number of halogens is 1. The maximum Gasteiger partial charge on any atom is 0.264 e. The number of nitriles is 1. The van der Waals surface area contributed by atoms with Crippen molar-refractivity contribution in [1.82, 2.24) is 19.8 Å². The zero-order valence-corrected chi connectivity index (χ0v) is 21.6. The monoisotopic (exact) mass is 513 g/mol. The molecule has 8 heteroatoms. The lowest BCUT2D eigenvalue weighted by molar-refractivity contribution is 0.294. The van der Waals surface area contributed by atoms with Gasteiger partial charge in [0.25, 0.3) is 5.56 Å². The molecule has 2 N–H and O–H groups in total. The van der Waals surface area contributed by atoms with E-state index in [2.05, 4.69) is 22.2 Å². The van der Waals surface area contributed by atoms with Crippen LogP contribution in [0.2, 0.25) is 5.02 Å². The summed E-state index contributed by atoms with van der Waals surface area (Å²) in [5.74, 6) is -0.0775. The predicted octanol–water partition coefficient (Wildman–Crippen LogP) is 4.78. The number of aromatic nitrogens is 2. The van der Waals surface area contributed by atoms with E-state index in [-0.39, 0.29) is 16.9 Å². The van der Waals surface area contributed by atoms with Crippen LogP contribution in [0, 0.1) is 18.3 Å². The Labute approximate surface area is 220 Å². The molecule has 7 nitrogen and oxygen atoms in total. The Balaban J connectivity index is 1.71. The standard InChI is InChI=1S/C29H28ClN5O2/c1-18-8-20(12-21(30)9-18)25-15-33-27-5-7-35(23-10-19(14-31)11-24(36)13-23)29(37)28(27)26(25)17-34(2)16-22-4-3-6-32-22/h5,7-13,15,22,32,36H,3-4,6,16-17H2,1-2H3/t22-/m0/s1. The number of benzene rings is 2. The van der Waals surface area contributed by atoms with Gasteiger partial charge in [0.05, 0.1) is 28.2 Å². The van der Waals surface area contributed by atoms with Crippen molar-refractivity contribution in [3.8, 4) is 28.6 Å². The van der Waals surface area contributed by atoms with Gasteiger partial charge in [-0.15, -0.1) is 0 Å². The van der Waals surface area contributed by atoms with Crippen LogP contribution in [0.15, 0.2) is 59.7 Å². The van der Waals surface area contributed by atoms with E-state index in [9.17, 15) is 15.2 Å². The summed E-state index contributed by atoms with van der Waals surface area (Å²) in [5, 5.41) is 24.2. The van der Waals surface area contributed by atoms with Crippen molar-refractivity contribution in [2.24, 2.45) is 0 Å². The first-order chi connectivity index (χ1) is 17.8. The van der Waals surface area contributed by atoms with E-state index in [4.69, 9.17) is 11.6 Å². The number of aryl methyl sites for hydroxylation is 1. The van der Waals surface area contributed by atoms with Gasteiger partial charge in [-0.25, -0.2) is 0 Å². The molecule has 4 aromatic rings. The van der Waals surface area contributed by atoms with Gasteiger partial charge in [-0.2, -0.15) is 5.26 Å². The van der Waals surface area contributed by atoms with E-state index in [1.165, 1.54) is 23.1 Å². The molecular formula is C29H28ClN5O2. The quantitative estimate of drug-likeness (QED) is 0.385. The van der Waals surface area contributed by atoms with Crippen LogP contribution in [-0.4, -0.2) is 45.7 Å². The fraction of sp³-hybridized carbons (Fsp3) is 0.276. The molecule has 2 aromatic carbocycles. The molecule has 1 fully saturated rings. The van der Waals surface area contributed by atoms with Crippen molar-refractivity contribution in [2.45, 2.75) is 32.4 Å². The van der Waals surface area contributed by atoms with Crippen LogP contribution >= 0.6 is 11.6 Å². The number of likely N-dealkylation sites (N-methyl/N-ethyl adjacent to an activating group) is 1. The molecule has 5 rings (SSSR count). The van der Waals surface area contributed by atoms with Crippen molar-refractivity contribution in [2.75, 3.05) is 20.1 Å². The second-order valence-corrected chi connectivity index (χ2v) is 10.2. The smallest absolute Gasteiger partial charge is 0.264 e. The van der Waals surface area contributed by atoms with Crippen LogP contribution in [0.3, 0.4) is 0 Å². The zero-order valence-electron chi connectivity index (χ0n) is 20.8. The average molecular weight is 514 g/mol. The van der Waals surface area contributed by atoms with Crippen molar-refractivity contribution >= 4 is 22.5 Å². The molecule has 0 aliphatic carbocycles. The highest BCUT2D eigenvalue weighted by atomic mass is 35.5. The molecule has 0 radical (unpaired) electrons. The molecule has 1 saturated heterocycles. The number of pyridine rings is 2. The van der Waals surface area contributed by atoms with Gasteiger partial charge < -0.3 is 15.3 Å². The molecule has 188 valence electrons. The van der Waals surface area contributed by atoms with E-state index >= 15 is 0 Å². The highest BCUT2D eigenvalue weighted by Crippen LogP contribution is 2.31. The summed E-state index contributed by atoms with van der Waals surface area (Å²) < 4.78 is 1.46. The molecule has 1 aliphatic heterocycles. The third-order valence-corrected chi connectivity index (χ3v) is 7.03. The van der Waals surface area contributed by atoms with E-state index in [0.29, 0.717) is 34.2 Å². The molecule has 0 unspecified atom stereocenters. The SMILES string of the molecule is Cc1cc(Cl)cc(-c2cnc3ccn(-c4cc(O)cc(C#N)c4)c(=O)c3c2CN(C)C[C@@H]2CCCN2)c1. The summed E-state index contributed by atoms with van der Waals surface area (Å²) in [6.07, 6.45) is 5.75. The van der Waals surface area contributed by atoms with E-state index in [1.54, 1.807) is 18.3 Å². The van der Waals surface area contributed by atoms with Crippen molar-refractivity contribution < 1.29 is 5.11 Å². The minimum Gasteiger partial charge on any atom is -0.508 e. The molecule has 0 amide bonds. The number of hydrogen-bond donors (Lipinski definition) is 2. The van der Waals surface area contributed by atoms with Crippen molar-refractivity contribution in [1.29, 1.82) is 5.26 Å². The number of phenols is 1. The normalized spacial score (nSPS) is 15.4. The third kappa shape index (κ3) is 5.23. The highest BCUT2D eigenvalue weighted by molar-refractivity contribution is 6.31. The van der Waals surface area contributed by atoms with Crippen molar-refractivity contribution in [3.05, 3.63) is 86.9 Å². The van der Waals surface area contributed by atoms with E-state index in [1.807, 2.05) is 37.4 Å². The summed E-state index contributed by atoms with van der Waals surface area (Å²) in [6.45, 7) is 4.42. The van der Waals surface area contributed by atoms with Crippen LogP contribution in [-0.2, 0) is 6.54 Å². The Morgan fingerprint density at radius 1 is 1.27 bits per heavy atom. The highest BCUT2D eigenvalue weighted by Gasteiger charge is 2.21. The first kappa shape index (κ1) is 25.0. The minimum atomic E-state index is -0.262. The summed E-state index contributed by atoms with van der Waals surface area (Å²) in [7, 11) is 2.06. The van der Waals surface area contributed by atoms with Gasteiger partial charge in [-0.1, -0.05) is 17.7 Å². The Morgan fingerprint density at radius 2 is 2.11 bits per heavy atom. The maximum atomic E-state index is 14.0. The molecule has 37 heavy (non-hydrogen) atoms. The first-order valence-electron chi connectivity index (χ1n) is 12.3. The molecule has 1 atom stereocenters. The third-order valence-electron chi connectivity index (χ3n) is 6.82. The second kappa shape index (κ2) is 10.3. The maximum absolute atomic E-state index is 14.0. The van der Waals surface area contributed by atoms with E-state index < -0.39 is 0 Å². The molecule has 3 heterocycles. The number of hydrogen-bond acceptors (Lipinski definition) is 6. The lowest BCUT2D eigenvalue weighted by atomic mass is 9.96. The van der Waals surface area contributed by atoms with Crippen molar-refractivity contribution in [3.63, 3.8) is 0 Å². The minimum absolute atomic E-state index is 0.0775. The van der Waals surface area contributed by atoms with Gasteiger partial charge in [0, 0.05) is 48.2 Å². The van der Waals surface area contributed by atoms with Crippen LogP contribution in [0.1, 0.15) is 29.5 Å². The van der Waals surface area contributed by atoms with Crippen LogP contribution < -0.4 is 10.9 Å². The Bertz CT molecular complexity index is 1560. The van der Waals surface area contributed by atoms with E-state index in [0.717, 1.165) is 41.8 Å². The number of phenolic OH excluding ortho intramolecular Hbond substituents is 1. The number of nitrogens with one attached hydrogen (secondary N) is 1. The first-order valence-corrected chi connectivity index (χ1v) is 12.7. The Hall–Kier alpha value is -3.70. The molecule has 1 aliphatic rings. The summed E-state index contributed by atoms with van der Waals surface area (Å²) in [4.78, 5) is 20.9. The zero-order chi connectivity index (χ0) is 26.1. The van der Waals surface area contributed by atoms with Gasteiger partial charge >= 0.3 is 0 Å². The van der Waals surface area contributed by atoms with Gasteiger partial charge in [-0.3, -0.25) is 14.3 Å². The Kier molecular flexibility index (Phi) is 6.98. The topological polar surface area (TPSA) is 94.2 Å². The second-order valence-electron chi connectivity index (χ2n) is 9.76. The molecule has 0 bridgehead atoms. The molecule has 0 spiro atoms. The summed E-state index contributed by atoms with van der Waals surface area (Å²) >= 11 is 6.41. The summed E-state index contributed by atoms with van der Waals surface area (Å²) in [6, 6.07) is 14.5.